The zero-order valence-electron chi connectivity index (χ0n) is 9.91. The van der Waals surface area contributed by atoms with Crippen LogP contribution in [0.3, 0.4) is 0 Å². The van der Waals surface area contributed by atoms with Gasteiger partial charge in [0.25, 0.3) is 0 Å². The van der Waals surface area contributed by atoms with Crippen LogP contribution in [0, 0.1) is 19.9 Å². The van der Waals surface area contributed by atoms with Crippen molar-refractivity contribution >= 4 is 0 Å². The van der Waals surface area contributed by atoms with E-state index in [2.05, 4.69) is 24.2 Å². The van der Waals surface area contributed by atoms with Gasteiger partial charge in [0.05, 0.1) is 26.3 Å². The Morgan fingerprint density at radius 3 is 3.25 bits per heavy atom. The third kappa shape index (κ3) is 3.29. The lowest BCUT2D eigenvalue weighted by atomic mass is 10.0. The molecule has 0 aliphatic carbocycles. The number of aryl methyl sites for hydroxylation is 1. The van der Waals surface area contributed by atoms with Gasteiger partial charge in [-0.1, -0.05) is 6.07 Å². The average molecular weight is 220 g/mol. The fraction of sp³-hybridized carbons (Fsp3) is 0.538. The Bertz CT molecular complexity index is 340. The quantitative estimate of drug-likeness (QED) is 0.724. The molecule has 0 saturated carbocycles. The third-order valence-electron chi connectivity index (χ3n) is 2.97. The van der Waals surface area contributed by atoms with E-state index in [1.807, 2.05) is 13.0 Å². The van der Waals surface area contributed by atoms with Gasteiger partial charge in [0, 0.05) is 17.3 Å². The lowest BCUT2D eigenvalue weighted by molar-refractivity contribution is -0.855. The van der Waals surface area contributed by atoms with E-state index in [0.29, 0.717) is 5.92 Å². The summed E-state index contributed by atoms with van der Waals surface area (Å²) < 4.78 is 5.59. The van der Waals surface area contributed by atoms with Crippen LogP contribution in [0.5, 0.6) is 0 Å². The summed E-state index contributed by atoms with van der Waals surface area (Å²) in [6.07, 6.45) is 1.00. The number of nitrogens with zero attached hydrogens (tertiary/aromatic N) is 1. The van der Waals surface area contributed by atoms with Crippen LogP contribution in [0.25, 0.3) is 0 Å². The van der Waals surface area contributed by atoms with Crippen LogP contribution in [-0.4, -0.2) is 31.3 Å². The van der Waals surface area contributed by atoms with Crippen LogP contribution in [0.1, 0.15) is 11.4 Å². The van der Waals surface area contributed by atoms with Gasteiger partial charge in [-0.2, -0.15) is 7.05 Å². The average Bonchev–Trinajstić information content (AvgIpc) is 2.43. The molecule has 2 rings (SSSR count). The van der Waals surface area contributed by atoms with Crippen LogP contribution in [0.15, 0.2) is 18.2 Å². The van der Waals surface area contributed by atoms with Crippen molar-refractivity contribution < 1.29 is 9.64 Å². The second kappa shape index (κ2) is 5.41. The zero-order chi connectivity index (χ0) is 11.4. The molecule has 3 heteroatoms. The van der Waals surface area contributed by atoms with Crippen molar-refractivity contribution in [2.24, 2.45) is 5.92 Å². The van der Waals surface area contributed by atoms with Gasteiger partial charge in [0.15, 0.2) is 0 Å². The summed E-state index contributed by atoms with van der Waals surface area (Å²) in [6.45, 7) is 5.80. The molecule has 16 heavy (non-hydrogen) atoms. The summed E-state index contributed by atoms with van der Waals surface area (Å²) in [5, 5.41) is 0. The second-order valence-electron chi connectivity index (χ2n) is 4.62. The molecule has 1 N–H and O–H groups in total. The smallest absolute Gasteiger partial charge is 0.0935 e. The minimum absolute atomic E-state index is 0.546. The largest absolute Gasteiger partial charge is 0.466 e. The Morgan fingerprint density at radius 2 is 2.44 bits per heavy atom. The number of quaternary nitrogens is 1. The summed E-state index contributed by atoms with van der Waals surface area (Å²) in [5.74, 6) is 0.546. The van der Waals surface area contributed by atoms with Crippen molar-refractivity contribution in [1.82, 2.24) is 4.98 Å². The molecule has 0 bridgehead atoms. The van der Waals surface area contributed by atoms with Crippen molar-refractivity contribution in [2.75, 3.05) is 26.3 Å². The Hall–Kier alpha value is -0.930. The summed E-state index contributed by atoms with van der Waals surface area (Å²) in [6, 6.07) is 6.21. The molecule has 2 unspecified atom stereocenters. The summed E-state index contributed by atoms with van der Waals surface area (Å²) in [4.78, 5) is 5.85. The van der Waals surface area contributed by atoms with E-state index in [0.717, 1.165) is 38.4 Å². The minimum atomic E-state index is 0.546. The van der Waals surface area contributed by atoms with E-state index >= 15 is 0 Å². The van der Waals surface area contributed by atoms with Gasteiger partial charge < -0.3 is 9.64 Å². The third-order valence-corrected chi connectivity index (χ3v) is 2.97. The predicted octanol–water partition coefficient (Wildman–Crippen LogP) is 0.255. The summed E-state index contributed by atoms with van der Waals surface area (Å²) >= 11 is 0. The van der Waals surface area contributed by atoms with Crippen molar-refractivity contribution in [2.45, 2.75) is 13.3 Å². The number of hydrogen-bond donors (Lipinski definition) is 1. The molecule has 0 spiro atoms. The van der Waals surface area contributed by atoms with Crippen LogP contribution >= 0.6 is 0 Å². The molecule has 88 valence electrons. The maximum Gasteiger partial charge on any atom is 0.0935 e. The maximum absolute atomic E-state index is 5.59. The Balaban J connectivity index is 1.97. The number of nitrogens with one attached hydrogen (secondary N) is 1. The van der Waals surface area contributed by atoms with Crippen LogP contribution in [-0.2, 0) is 11.2 Å². The highest BCUT2D eigenvalue weighted by Gasteiger charge is 2.17. The highest BCUT2D eigenvalue weighted by atomic mass is 16.5. The molecule has 1 fully saturated rings. The van der Waals surface area contributed by atoms with E-state index in [4.69, 9.17) is 4.74 Å². The molecule has 0 radical (unpaired) electrons. The van der Waals surface area contributed by atoms with Crippen molar-refractivity contribution in [3.63, 3.8) is 0 Å². The van der Waals surface area contributed by atoms with Gasteiger partial charge >= 0.3 is 0 Å². The van der Waals surface area contributed by atoms with Crippen molar-refractivity contribution in [3.05, 3.63) is 36.6 Å². The Morgan fingerprint density at radius 1 is 1.56 bits per heavy atom. The van der Waals surface area contributed by atoms with Gasteiger partial charge in [-0.3, -0.25) is 4.98 Å². The molecule has 1 aromatic heterocycles. The number of rotatable bonds is 2. The summed E-state index contributed by atoms with van der Waals surface area (Å²) in [7, 11) is 4.08. The molecular formula is C13H20N2O. The van der Waals surface area contributed by atoms with E-state index < -0.39 is 0 Å². The standard InChI is InChI=1S/C13H20N2O/c1-11-4-3-5-13(14-11)8-12-9-15(2)6-7-16-10-12/h3-5,12,15H,2,6-10H2,1H3. The van der Waals surface area contributed by atoms with E-state index in [-0.39, 0.29) is 0 Å². The second-order valence-corrected chi connectivity index (χ2v) is 4.62. The Kier molecular flexibility index (Phi) is 3.91. The predicted molar refractivity (Wildman–Crippen MR) is 63.0 cm³/mol. The molecule has 2 atom stereocenters. The topological polar surface area (TPSA) is 26.6 Å². The van der Waals surface area contributed by atoms with Crippen LogP contribution in [0.2, 0.25) is 0 Å². The van der Waals surface area contributed by atoms with Crippen LogP contribution < -0.4 is 4.90 Å². The van der Waals surface area contributed by atoms with Crippen molar-refractivity contribution in [1.29, 1.82) is 0 Å². The first-order valence-corrected chi connectivity index (χ1v) is 5.91. The van der Waals surface area contributed by atoms with Gasteiger partial charge in [0.2, 0.25) is 0 Å². The molecule has 1 saturated heterocycles. The van der Waals surface area contributed by atoms with E-state index in [9.17, 15) is 0 Å². The van der Waals surface area contributed by atoms with Crippen LogP contribution in [0.4, 0.5) is 0 Å². The van der Waals surface area contributed by atoms with Gasteiger partial charge in [-0.25, -0.2) is 0 Å². The van der Waals surface area contributed by atoms with Crippen molar-refractivity contribution in [3.8, 4) is 0 Å². The lowest BCUT2D eigenvalue weighted by Gasteiger charge is -2.21. The first-order valence-electron chi connectivity index (χ1n) is 5.91. The van der Waals surface area contributed by atoms with E-state index in [1.54, 1.807) is 0 Å². The first kappa shape index (κ1) is 11.6. The fourth-order valence-electron chi connectivity index (χ4n) is 2.18. The molecule has 0 amide bonds. The molecule has 1 aliphatic heterocycles. The lowest BCUT2D eigenvalue weighted by Crippen LogP contribution is -3.07. The first-order chi connectivity index (χ1) is 7.74. The summed E-state index contributed by atoms with van der Waals surface area (Å²) in [5.41, 5.74) is 2.26. The molecule has 1 aliphatic rings. The van der Waals surface area contributed by atoms with E-state index in [1.165, 1.54) is 10.6 Å². The molecular weight excluding hydrogens is 200 g/mol. The van der Waals surface area contributed by atoms with Gasteiger partial charge in [0.1, 0.15) is 0 Å². The molecule has 1 aromatic rings. The number of ether oxygens (including phenoxy) is 1. The number of hydrogen-bond acceptors (Lipinski definition) is 2. The van der Waals surface area contributed by atoms with Gasteiger partial charge in [-0.05, 0) is 25.5 Å². The molecule has 3 nitrogen and oxygen atoms in total. The molecule has 0 aromatic carbocycles. The normalized spacial score (nSPS) is 26.4. The maximum atomic E-state index is 5.59. The zero-order valence-corrected chi connectivity index (χ0v) is 9.91. The molecule has 2 heterocycles. The monoisotopic (exact) mass is 220 g/mol. The highest BCUT2D eigenvalue weighted by Crippen LogP contribution is 2.08. The van der Waals surface area contributed by atoms with Gasteiger partial charge in [-0.15, -0.1) is 0 Å². The number of aromatic nitrogens is 1. The fourth-order valence-corrected chi connectivity index (χ4v) is 2.18. The highest BCUT2D eigenvalue weighted by molar-refractivity contribution is 5.10. The SMILES string of the molecule is [CH2-][NH+]1CCOCC(Cc2cccc(C)n2)C1. The number of pyridine rings is 1. The minimum Gasteiger partial charge on any atom is -0.466 e. The Labute approximate surface area is 97.4 Å².